The van der Waals surface area contributed by atoms with Crippen LogP contribution in [0.25, 0.3) is 0 Å². The Balaban J connectivity index is 1.59. The molecule has 0 spiro atoms. The van der Waals surface area contributed by atoms with Crippen LogP contribution in [0.15, 0.2) is 36.8 Å². The first-order valence-corrected chi connectivity index (χ1v) is 8.41. The molecule has 3 rings (SSSR count). The predicted octanol–water partition coefficient (Wildman–Crippen LogP) is 3.55. The molecule has 0 radical (unpaired) electrons. The Morgan fingerprint density at radius 3 is 2.58 bits per heavy atom. The fourth-order valence-electron chi connectivity index (χ4n) is 2.82. The highest BCUT2D eigenvalue weighted by Gasteiger charge is 2.32. The van der Waals surface area contributed by atoms with Gasteiger partial charge in [-0.05, 0) is 31.0 Å². The standard InChI is InChI=1S/C17H16ClF3N4O/c18-14-8-12(17(19,20)21)10-23-15(14)25-6-3-13(4-7-25)24-16(26)11-2-1-5-22-9-11/h1-2,5,8-10,13H,3-4,6-7H2,(H,24,26). The van der Waals surface area contributed by atoms with Crippen LogP contribution < -0.4 is 10.2 Å². The Labute approximate surface area is 153 Å². The number of nitrogens with zero attached hydrogens (tertiary/aromatic N) is 3. The average Bonchev–Trinajstić information content (AvgIpc) is 2.62. The minimum absolute atomic E-state index is 0.0211. The molecule has 0 bridgehead atoms. The topological polar surface area (TPSA) is 58.1 Å². The molecule has 2 aromatic rings. The number of alkyl halides is 3. The van der Waals surface area contributed by atoms with Crippen molar-refractivity contribution in [1.82, 2.24) is 15.3 Å². The molecule has 1 aliphatic heterocycles. The number of nitrogens with one attached hydrogen (secondary N) is 1. The van der Waals surface area contributed by atoms with Crippen molar-refractivity contribution >= 4 is 23.3 Å². The lowest BCUT2D eigenvalue weighted by Crippen LogP contribution is -2.45. The van der Waals surface area contributed by atoms with Crippen LogP contribution in [0.1, 0.15) is 28.8 Å². The zero-order valence-electron chi connectivity index (χ0n) is 13.6. The van der Waals surface area contributed by atoms with E-state index in [0.29, 0.717) is 37.3 Å². The van der Waals surface area contributed by atoms with Gasteiger partial charge in [-0.15, -0.1) is 0 Å². The molecule has 1 N–H and O–H groups in total. The first-order valence-electron chi connectivity index (χ1n) is 8.03. The van der Waals surface area contributed by atoms with Crippen LogP contribution in [-0.2, 0) is 6.18 Å². The third-order valence-electron chi connectivity index (χ3n) is 4.20. The summed E-state index contributed by atoms with van der Waals surface area (Å²) in [7, 11) is 0. The van der Waals surface area contributed by atoms with Crippen molar-refractivity contribution in [1.29, 1.82) is 0 Å². The lowest BCUT2D eigenvalue weighted by Gasteiger charge is -2.33. The van der Waals surface area contributed by atoms with Crippen LogP contribution >= 0.6 is 11.6 Å². The van der Waals surface area contributed by atoms with Crippen molar-refractivity contribution in [2.24, 2.45) is 0 Å². The second-order valence-electron chi connectivity index (χ2n) is 6.00. The van der Waals surface area contributed by atoms with E-state index in [1.807, 2.05) is 4.90 Å². The fourth-order valence-corrected chi connectivity index (χ4v) is 3.11. The first-order chi connectivity index (χ1) is 12.3. The van der Waals surface area contributed by atoms with E-state index in [1.54, 1.807) is 18.3 Å². The first kappa shape index (κ1) is 18.4. The van der Waals surface area contributed by atoms with E-state index in [0.717, 1.165) is 12.3 Å². The van der Waals surface area contributed by atoms with Crippen LogP contribution in [0.2, 0.25) is 5.02 Å². The van der Waals surface area contributed by atoms with E-state index in [4.69, 9.17) is 11.6 Å². The molecule has 0 aliphatic carbocycles. The number of aromatic nitrogens is 2. The molecule has 0 aromatic carbocycles. The SMILES string of the molecule is O=C(NC1CCN(c2ncc(C(F)(F)F)cc2Cl)CC1)c1cccnc1. The summed E-state index contributed by atoms with van der Waals surface area (Å²) in [5, 5.41) is 2.91. The molecule has 0 unspecified atom stereocenters. The summed E-state index contributed by atoms with van der Waals surface area (Å²) in [6.45, 7) is 1.08. The Morgan fingerprint density at radius 2 is 2.00 bits per heavy atom. The van der Waals surface area contributed by atoms with Crippen molar-refractivity contribution in [2.75, 3.05) is 18.0 Å². The molecule has 1 aliphatic rings. The summed E-state index contributed by atoms with van der Waals surface area (Å²) in [4.78, 5) is 21.8. The van der Waals surface area contributed by atoms with Crippen LogP contribution in [0, 0.1) is 0 Å². The highest BCUT2D eigenvalue weighted by Crippen LogP contribution is 2.34. The second kappa shape index (κ2) is 7.49. The summed E-state index contributed by atoms with van der Waals surface area (Å²) in [6, 6.07) is 4.24. The van der Waals surface area contributed by atoms with Crippen LogP contribution in [0.4, 0.5) is 19.0 Å². The Bertz CT molecular complexity index is 777. The number of rotatable bonds is 3. The minimum atomic E-state index is -4.47. The fraction of sp³-hybridized carbons (Fsp3) is 0.353. The van der Waals surface area contributed by atoms with Gasteiger partial charge in [0, 0.05) is 37.7 Å². The molecule has 0 saturated carbocycles. The predicted molar refractivity (Wildman–Crippen MR) is 91.2 cm³/mol. The molecular formula is C17H16ClF3N4O. The van der Waals surface area contributed by atoms with E-state index >= 15 is 0 Å². The number of piperidine rings is 1. The Morgan fingerprint density at radius 1 is 1.27 bits per heavy atom. The summed E-state index contributed by atoms with van der Waals surface area (Å²) >= 11 is 5.99. The molecule has 5 nitrogen and oxygen atoms in total. The molecule has 2 aromatic heterocycles. The molecule has 1 fully saturated rings. The average molecular weight is 385 g/mol. The third kappa shape index (κ3) is 4.24. The number of hydrogen-bond acceptors (Lipinski definition) is 4. The van der Waals surface area contributed by atoms with E-state index in [2.05, 4.69) is 15.3 Å². The monoisotopic (exact) mass is 384 g/mol. The van der Waals surface area contributed by atoms with Gasteiger partial charge in [0.2, 0.25) is 0 Å². The van der Waals surface area contributed by atoms with Gasteiger partial charge in [-0.3, -0.25) is 9.78 Å². The third-order valence-corrected chi connectivity index (χ3v) is 4.48. The molecule has 3 heterocycles. The number of anilines is 1. The van der Waals surface area contributed by atoms with Gasteiger partial charge < -0.3 is 10.2 Å². The number of carbonyl (C=O) groups is 1. The van der Waals surface area contributed by atoms with Gasteiger partial charge in [-0.25, -0.2) is 4.98 Å². The van der Waals surface area contributed by atoms with E-state index in [-0.39, 0.29) is 17.0 Å². The van der Waals surface area contributed by atoms with Gasteiger partial charge in [-0.2, -0.15) is 13.2 Å². The Hall–Kier alpha value is -2.35. The zero-order valence-corrected chi connectivity index (χ0v) is 14.4. The maximum atomic E-state index is 12.7. The highest BCUT2D eigenvalue weighted by atomic mass is 35.5. The highest BCUT2D eigenvalue weighted by molar-refractivity contribution is 6.33. The van der Waals surface area contributed by atoms with Crippen molar-refractivity contribution in [3.63, 3.8) is 0 Å². The Kier molecular flexibility index (Phi) is 5.31. The summed E-state index contributed by atoms with van der Waals surface area (Å²) in [5.41, 5.74) is -0.382. The number of amides is 1. The lowest BCUT2D eigenvalue weighted by atomic mass is 10.0. The molecule has 1 amide bonds. The lowest BCUT2D eigenvalue weighted by molar-refractivity contribution is -0.137. The number of carbonyl (C=O) groups excluding carboxylic acids is 1. The minimum Gasteiger partial charge on any atom is -0.355 e. The zero-order chi connectivity index (χ0) is 18.7. The normalized spacial score (nSPS) is 15.8. The van der Waals surface area contributed by atoms with Gasteiger partial charge in [0.1, 0.15) is 5.82 Å². The van der Waals surface area contributed by atoms with Crippen LogP contribution in [-0.4, -0.2) is 35.0 Å². The van der Waals surface area contributed by atoms with Crippen molar-refractivity contribution in [3.05, 3.63) is 52.9 Å². The molecule has 138 valence electrons. The number of pyridine rings is 2. The quantitative estimate of drug-likeness (QED) is 0.879. The van der Waals surface area contributed by atoms with E-state index in [9.17, 15) is 18.0 Å². The van der Waals surface area contributed by atoms with Crippen molar-refractivity contribution in [3.8, 4) is 0 Å². The molecular weight excluding hydrogens is 369 g/mol. The molecule has 9 heteroatoms. The molecule has 0 atom stereocenters. The van der Waals surface area contributed by atoms with Gasteiger partial charge in [0.15, 0.2) is 0 Å². The van der Waals surface area contributed by atoms with Crippen molar-refractivity contribution < 1.29 is 18.0 Å². The van der Waals surface area contributed by atoms with E-state index in [1.165, 1.54) is 6.20 Å². The smallest absolute Gasteiger partial charge is 0.355 e. The summed E-state index contributed by atoms with van der Waals surface area (Å²) in [5.74, 6) is 0.138. The number of halogens is 4. The van der Waals surface area contributed by atoms with Crippen LogP contribution in [0.5, 0.6) is 0 Å². The second-order valence-corrected chi connectivity index (χ2v) is 6.41. The summed E-state index contributed by atoms with van der Waals surface area (Å²) in [6.07, 6.45) is 0.693. The van der Waals surface area contributed by atoms with Gasteiger partial charge >= 0.3 is 6.18 Å². The maximum Gasteiger partial charge on any atom is 0.417 e. The van der Waals surface area contributed by atoms with Gasteiger partial charge in [0.05, 0.1) is 16.1 Å². The van der Waals surface area contributed by atoms with E-state index < -0.39 is 11.7 Å². The maximum absolute atomic E-state index is 12.7. The van der Waals surface area contributed by atoms with Crippen LogP contribution in [0.3, 0.4) is 0 Å². The van der Waals surface area contributed by atoms with Crippen molar-refractivity contribution in [2.45, 2.75) is 25.1 Å². The number of hydrogen-bond donors (Lipinski definition) is 1. The van der Waals surface area contributed by atoms with Gasteiger partial charge in [0.25, 0.3) is 5.91 Å². The van der Waals surface area contributed by atoms with Gasteiger partial charge in [-0.1, -0.05) is 11.6 Å². The molecule has 1 saturated heterocycles. The molecule has 26 heavy (non-hydrogen) atoms. The largest absolute Gasteiger partial charge is 0.417 e. The summed E-state index contributed by atoms with van der Waals surface area (Å²) < 4.78 is 38.1.